The molecule has 0 bridgehead atoms. The van der Waals surface area contributed by atoms with Crippen molar-refractivity contribution in [2.75, 3.05) is 23.8 Å². The van der Waals surface area contributed by atoms with Crippen molar-refractivity contribution < 1.29 is 14.3 Å². The maximum absolute atomic E-state index is 14.7. The maximum Gasteiger partial charge on any atom is 0.350 e. The molecule has 2 aromatic rings. The van der Waals surface area contributed by atoms with E-state index in [0.29, 0.717) is 23.7 Å². The fourth-order valence-electron chi connectivity index (χ4n) is 4.15. The zero-order valence-electron chi connectivity index (χ0n) is 16.8. The summed E-state index contributed by atoms with van der Waals surface area (Å²) >= 11 is 0. The highest BCUT2D eigenvalue weighted by Gasteiger charge is 2.25. The standard InChI is InChI=1S/C21H27FN4O4/c22-16-10-15-18(11-17(16)23-12-13-7-8-13)25(14-4-1-2-5-14)21(30)26(20(15)29)24-9-3-6-19(27)28/h10-11,13-14,23-24H,1-9,12H2,(H,27,28). The van der Waals surface area contributed by atoms with Gasteiger partial charge in [0.15, 0.2) is 0 Å². The lowest BCUT2D eigenvalue weighted by atomic mass is 10.1. The minimum absolute atomic E-state index is 0.0468. The Balaban J connectivity index is 1.76. The van der Waals surface area contributed by atoms with E-state index in [1.165, 1.54) is 6.07 Å². The fraction of sp³-hybridized carbons (Fsp3) is 0.571. The van der Waals surface area contributed by atoms with Crippen molar-refractivity contribution in [2.24, 2.45) is 5.92 Å². The quantitative estimate of drug-likeness (QED) is 0.541. The minimum atomic E-state index is -0.945. The Morgan fingerprint density at radius 3 is 2.57 bits per heavy atom. The molecule has 8 nitrogen and oxygen atoms in total. The van der Waals surface area contributed by atoms with Crippen LogP contribution in [0.1, 0.15) is 57.4 Å². The summed E-state index contributed by atoms with van der Waals surface area (Å²) in [5.74, 6) is -0.909. The van der Waals surface area contributed by atoms with Gasteiger partial charge in [-0.25, -0.2) is 9.18 Å². The molecule has 30 heavy (non-hydrogen) atoms. The van der Waals surface area contributed by atoms with Crippen molar-refractivity contribution in [3.63, 3.8) is 0 Å². The van der Waals surface area contributed by atoms with E-state index in [0.717, 1.165) is 43.2 Å². The molecule has 2 aliphatic carbocycles. The third kappa shape index (κ3) is 4.20. The topological polar surface area (TPSA) is 105 Å². The summed E-state index contributed by atoms with van der Waals surface area (Å²) in [6.45, 7) is 0.833. The van der Waals surface area contributed by atoms with Crippen molar-refractivity contribution in [1.82, 2.24) is 9.24 Å². The van der Waals surface area contributed by atoms with Gasteiger partial charge in [0.05, 0.1) is 16.6 Å². The lowest BCUT2D eigenvalue weighted by Gasteiger charge is -2.20. The molecule has 0 atom stereocenters. The Hall–Kier alpha value is -2.84. The summed E-state index contributed by atoms with van der Waals surface area (Å²) in [7, 11) is 0. The Morgan fingerprint density at radius 2 is 1.90 bits per heavy atom. The molecule has 9 heteroatoms. The van der Waals surface area contributed by atoms with E-state index >= 15 is 0 Å². The molecule has 0 unspecified atom stereocenters. The first-order chi connectivity index (χ1) is 14.5. The summed E-state index contributed by atoms with van der Waals surface area (Å²) in [6, 6.07) is 2.74. The third-order valence-corrected chi connectivity index (χ3v) is 5.98. The van der Waals surface area contributed by atoms with Gasteiger partial charge >= 0.3 is 11.7 Å². The highest BCUT2D eigenvalue weighted by Crippen LogP contribution is 2.32. The molecule has 0 amide bonds. The largest absolute Gasteiger partial charge is 0.481 e. The Morgan fingerprint density at radius 1 is 1.17 bits per heavy atom. The van der Waals surface area contributed by atoms with Crippen molar-refractivity contribution in [3.05, 3.63) is 38.8 Å². The van der Waals surface area contributed by atoms with Gasteiger partial charge in [-0.05, 0) is 50.2 Å². The maximum atomic E-state index is 14.7. The van der Waals surface area contributed by atoms with Gasteiger partial charge in [0.25, 0.3) is 5.56 Å². The van der Waals surface area contributed by atoms with E-state index < -0.39 is 23.0 Å². The van der Waals surface area contributed by atoms with Gasteiger partial charge in [-0.2, -0.15) is 4.68 Å². The monoisotopic (exact) mass is 418 g/mol. The zero-order chi connectivity index (χ0) is 21.3. The predicted octanol–water partition coefficient (Wildman–Crippen LogP) is 2.65. The second kappa shape index (κ2) is 8.49. The fourth-order valence-corrected chi connectivity index (χ4v) is 4.15. The Labute approximate surface area is 172 Å². The van der Waals surface area contributed by atoms with Crippen LogP contribution in [-0.4, -0.2) is 33.4 Å². The molecule has 0 saturated heterocycles. The number of carbonyl (C=O) groups is 1. The average molecular weight is 418 g/mol. The van der Waals surface area contributed by atoms with Crippen LogP contribution in [0, 0.1) is 11.7 Å². The smallest absolute Gasteiger partial charge is 0.350 e. The van der Waals surface area contributed by atoms with E-state index in [4.69, 9.17) is 5.11 Å². The van der Waals surface area contributed by atoms with Crippen LogP contribution < -0.4 is 22.0 Å². The number of nitrogens with zero attached hydrogens (tertiary/aromatic N) is 2. The number of fused-ring (bicyclic) bond motifs is 1. The molecule has 0 radical (unpaired) electrons. The second-order valence-corrected chi connectivity index (χ2v) is 8.31. The van der Waals surface area contributed by atoms with Crippen LogP contribution in [0.3, 0.4) is 0 Å². The van der Waals surface area contributed by atoms with Crippen LogP contribution >= 0.6 is 0 Å². The summed E-state index contributed by atoms with van der Waals surface area (Å²) < 4.78 is 17.2. The number of aliphatic carboxylic acids is 1. The Kier molecular flexibility index (Phi) is 5.78. The van der Waals surface area contributed by atoms with Gasteiger partial charge in [-0.15, -0.1) is 0 Å². The number of hydrogen-bond acceptors (Lipinski definition) is 5. The van der Waals surface area contributed by atoms with Crippen molar-refractivity contribution in [2.45, 2.75) is 57.4 Å². The molecule has 1 aromatic carbocycles. The molecule has 0 spiro atoms. The average Bonchev–Trinajstić information content (AvgIpc) is 3.39. The number of benzene rings is 1. The Bertz CT molecular complexity index is 1070. The summed E-state index contributed by atoms with van der Waals surface area (Å²) in [4.78, 5) is 36.9. The highest BCUT2D eigenvalue weighted by atomic mass is 19.1. The molecule has 0 aliphatic heterocycles. The van der Waals surface area contributed by atoms with Gasteiger partial charge in [0.2, 0.25) is 0 Å². The number of halogens is 1. The van der Waals surface area contributed by atoms with Gasteiger partial charge in [0.1, 0.15) is 5.82 Å². The van der Waals surface area contributed by atoms with Gasteiger partial charge < -0.3 is 15.8 Å². The SMILES string of the molecule is O=C(O)CCCNn1c(=O)c2cc(F)c(NCC3CC3)cc2n(C2CCCC2)c1=O. The number of nitrogens with one attached hydrogen (secondary N) is 2. The van der Waals surface area contributed by atoms with Crippen molar-refractivity contribution in [3.8, 4) is 0 Å². The molecule has 4 rings (SSSR count). The zero-order valence-corrected chi connectivity index (χ0v) is 16.8. The van der Waals surface area contributed by atoms with E-state index in [9.17, 15) is 18.8 Å². The van der Waals surface area contributed by atoms with Crippen molar-refractivity contribution >= 4 is 22.6 Å². The summed E-state index contributed by atoms with van der Waals surface area (Å²) in [6.07, 6.45) is 6.11. The molecule has 2 aliphatic rings. The molecule has 1 heterocycles. The highest BCUT2D eigenvalue weighted by molar-refractivity contribution is 5.82. The van der Waals surface area contributed by atoms with Gasteiger partial charge in [-0.1, -0.05) is 12.8 Å². The number of rotatable bonds is 9. The van der Waals surface area contributed by atoms with E-state index in [-0.39, 0.29) is 30.8 Å². The van der Waals surface area contributed by atoms with Crippen LogP contribution in [-0.2, 0) is 4.79 Å². The van der Waals surface area contributed by atoms with Crippen LogP contribution in [0.5, 0.6) is 0 Å². The normalized spacial score (nSPS) is 16.8. The van der Waals surface area contributed by atoms with Crippen LogP contribution in [0.25, 0.3) is 10.9 Å². The first kappa shape index (κ1) is 20.4. The number of hydrogen-bond donors (Lipinski definition) is 3. The lowest BCUT2D eigenvalue weighted by Crippen LogP contribution is -2.46. The molecule has 162 valence electrons. The van der Waals surface area contributed by atoms with Gasteiger partial charge in [0, 0.05) is 25.6 Å². The first-order valence-corrected chi connectivity index (χ1v) is 10.7. The molecule has 2 saturated carbocycles. The number of carboxylic acids is 1. The van der Waals surface area contributed by atoms with Crippen molar-refractivity contribution in [1.29, 1.82) is 0 Å². The molecule has 3 N–H and O–H groups in total. The number of anilines is 1. The first-order valence-electron chi connectivity index (χ1n) is 10.7. The number of aromatic nitrogens is 2. The molecular weight excluding hydrogens is 391 g/mol. The third-order valence-electron chi connectivity index (χ3n) is 5.98. The van der Waals surface area contributed by atoms with Crippen LogP contribution in [0.2, 0.25) is 0 Å². The van der Waals surface area contributed by atoms with Crippen LogP contribution in [0.4, 0.5) is 10.1 Å². The van der Waals surface area contributed by atoms with E-state index in [1.807, 2.05) is 0 Å². The summed E-state index contributed by atoms with van der Waals surface area (Å²) in [5.41, 5.74) is 2.39. The molecular formula is C21H27FN4O4. The molecule has 1 aromatic heterocycles. The molecule has 2 fully saturated rings. The van der Waals surface area contributed by atoms with E-state index in [1.54, 1.807) is 10.6 Å². The lowest BCUT2D eigenvalue weighted by molar-refractivity contribution is -0.137. The minimum Gasteiger partial charge on any atom is -0.481 e. The summed E-state index contributed by atoms with van der Waals surface area (Å²) in [5, 5.41) is 12.0. The second-order valence-electron chi connectivity index (χ2n) is 8.31. The van der Waals surface area contributed by atoms with E-state index in [2.05, 4.69) is 10.7 Å². The van der Waals surface area contributed by atoms with Gasteiger partial charge in [-0.3, -0.25) is 14.2 Å². The number of carboxylic acid groups (broad SMARTS) is 1. The van der Waals surface area contributed by atoms with Crippen LogP contribution in [0.15, 0.2) is 21.7 Å². The predicted molar refractivity (Wildman–Crippen MR) is 112 cm³/mol.